The van der Waals surface area contributed by atoms with Crippen molar-refractivity contribution >= 4 is 11.6 Å². The molecule has 1 saturated heterocycles. The molecule has 0 saturated carbocycles. The van der Waals surface area contributed by atoms with Crippen molar-refractivity contribution in [2.24, 2.45) is 5.92 Å². The van der Waals surface area contributed by atoms with Crippen LogP contribution in [0.4, 0.5) is 5.69 Å². The highest BCUT2D eigenvalue weighted by atomic mass is 16.5. The number of piperidine rings is 1. The van der Waals surface area contributed by atoms with Gasteiger partial charge in [-0.3, -0.25) is 9.69 Å². The monoisotopic (exact) mass is 392 g/mol. The Hall–Kier alpha value is -3.19. The third-order valence-corrected chi connectivity index (χ3v) is 5.09. The predicted molar refractivity (Wildman–Crippen MR) is 109 cm³/mol. The van der Waals surface area contributed by atoms with Gasteiger partial charge in [-0.1, -0.05) is 23.4 Å². The molecule has 2 aromatic carbocycles. The first-order chi connectivity index (χ1) is 14.2. The first-order valence-corrected chi connectivity index (χ1v) is 9.76. The van der Waals surface area contributed by atoms with Crippen molar-refractivity contribution in [3.8, 4) is 17.1 Å². The average molecular weight is 392 g/mol. The molecule has 1 N–H and O–H groups in total. The number of anilines is 1. The topological polar surface area (TPSA) is 80.5 Å². The first kappa shape index (κ1) is 19.1. The van der Waals surface area contributed by atoms with Crippen molar-refractivity contribution in [1.82, 2.24) is 15.0 Å². The van der Waals surface area contributed by atoms with E-state index in [1.54, 1.807) is 7.11 Å². The molecule has 1 fully saturated rings. The van der Waals surface area contributed by atoms with Crippen LogP contribution in [0, 0.1) is 5.92 Å². The minimum atomic E-state index is -0.0482. The summed E-state index contributed by atoms with van der Waals surface area (Å²) < 4.78 is 10.6. The minimum absolute atomic E-state index is 0.0482. The van der Waals surface area contributed by atoms with Gasteiger partial charge in [0.1, 0.15) is 5.75 Å². The zero-order valence-electron chi connectivity index (χ0n) is 16.4. The second kappa shape index (κ2) is 8.87. The number of nitrogens with one attached hydrogen (secondary N) is 1. The zero-order chi connectivity index (χ0) is 20.1. The van der Waals surface area contributed by atoms with Crippen molar-refractivity contribution in [3.63, 3.8) is 0 Å². The largest absolute Gasteiger partial charge is 0.497 e. The molecule has 150 valence electrons. The number of hydrogen-bond acceptors (Lipinski definition) is 6. The summed E-state index contributed by atoms with van der Waals surface area (Å²) in [6.45, 7) is 2.13. The predicted octanol–water partition coefficient (Wildman–Crippen LogP) is 3.60. The van der Waals surface area contributed by atoms with E-state index in [1.807, 2.05) is 54.6 Å². The van der Waals surface area contributed by atoms with Crippen LogP contribution in [0.5, 0.6) is 5.75 Å². The zero-order valence-corrected chi connectivity index (χ0v) is 16.4. The molecule has 1 aliphatic rings. The SMILES string of the molecule is COc1ccc(-c2noc(CN3CCCC(C(=O)Nc4ccccc4)C3)n2)cc1. The van der Waals surface area contributed by atoms with Crippen LogP contribution in [0.15, 0.2) is 59.1 Å². The van der Waals surface area contributed by atoms with E-state index in [0.717, 1.165) is 36.4 Å². The minimum Gasteiger partial charge on any atom is -0.497 e. The fraction of sp³-hybridized carbons (Fsp3) is 0.318. The van der Waals surface area contributed by atoms with Crippen molar-refractivity contribution in [1.29, 1.82) is 0 Å². The summed E-state index contributed by atoms with van der Waals surface area (Å²) >= 11 is 0. The third-order valence-electron chi connectivity index (χ3n) is 5.09. The summed E-state index contributed by atoms with van der Waals surface area (Å²) in [6.07, 6.45) is 1.85. The van der Waals surface area contributed by atoms with E-state index in [2.05, 4.69) is 20.4 Å². The first-order valence-electron chi connectivity index (χ1n) is 9.76. The van der Waals surface area contributed by atoms with E-state index in [0.29, 0.717) is 24.8 Å². The van der Waals surface area contributed by atoms with Crippen molar-refractivity contribution < 1.29 is 14.1 Å². The number of para-hydroxylation sites is 1. The number of amides is 1. The molecule has 7 heteroatoms. The van der Waals surface area contributed by atoms with Gasteiger partial charge in [0.2, 0.25) is 17.6 Å². The van der Waals surface area contributed by atoms with Gasteiger partial charge in [-0.2, -0.15) is 4.98 Å². The number of carbonyl (C=O) groups excluding carboxylic acids is 1. The smallest absolute Gasteiger partial charge is 0.241 e. The lowest BCUT2D eigenvalue weighted by Crippen LogP contribution is -2.40. The molecule has 1 aliphatic heterocycles. The molecule has 0 aliphatic carbocycles. The standard InChI is InChI=1S/C22H24N4O3/c1-28-19-11-9-16(10-12-19)21-24-20(29-25-21)15-26-13-5-6-17(14-26)22(27)23-18-7-3-2-4-8-18/h2-4,7-12,17H,5-6,13-15H2,1H3,(H,23,27). The Morgan fingerprint density at radius 1 is 1.21 bits per heavy atom. The highest BCUT2D eigenvalue weighted by Crippen LogP contribution is 2.22. The lowest BCUT2D eigenvalue weighted by Gasteiger charge is -2.30. The molecular formula is C22H24N4O3. The summed E-state index contributed by atoms with van der Waals surface area (Å²) in [5.41, 5.74) is 1.70. The van der Waals surface area contributed by atoms with Crippen molar-refractivity contribution in [2.75, 3.05) is 25.5 Å². The molecule has 4 rings (SSSR count). The maximum absolute atomic E-state index is 12.6. The highest BCUT2D eigenvalue weighted by molar-refractivity contribution is 5.92. The molecular weight excluding hydrogens is 368 g/mol. The Labute approximate surface area is 169 Å². The van der Waals surface area contributed by atoms with Gasteiger partial charge in [0.05, 0.1) is 19.6 Å². The maximum Gasteiger partial charge on any atom is 0.241 e. The fourth-order valence-corrected chi connectivity index (χ4v) is 3.55. The van der Waals surface area contributed by atoms with Gasteiger partial charge in [-0.25, -0.2) is 0 Å². The van der Waals surface area contributed by atoms with E-state index < -0.39 is 0 Å². The number of benzene rings is 2. The fourth-order valence-electron chi connectivity index (χ4n) is 3.55. The number of nitrogens with zero attached hydrogens (tertiary/aromatic N) is 3. The third kappa shape index (κ3) is 4.81. The molecule has 0 radical (unpaired) electrons. The van der Waals surface area contributed by atoms with E-state index in [1.165, 1.54) is 0 Å². The van der Waals surface area contributed by atoms with Crippen LogP contribution in [-0.4, -0.2) is 41.1 Å². The summed E-state index contributed by atoms with van der Waals surface area (Å²) in [4.78, 5) is 19.3. The Bertz CT molecular complexity index is 940. The molecule has 7 nitrogen and oxygen atoms in total. The van der Waals surface area contributed by atoms with Crippen LogP contribution in [0.25, 0.3) is 11.4 Å². The molecule has 0 spiro atoms. The molecule has 29 heavy (non-hydrogen) atoms. The Balaban J connectivity index is 1.35. The van der Waals surface area contributed by atoms with Gasteiger partial charge >= 0.3 is 0 Å². The molecule has 2 heterocycles. The highest BCUT2D eigenvalue weighted by Gasteiger charge is 2.27. The van der Waals surface area contributed by atoms with Crippen LogP contribution >= 0.6 is 0 Å². The van der Waals surface area contributed by atoms with Gasteiger partial charge < -0.3 is 14.6 Å². The van der Waals surface area contributed by atoms with Crippen molar-refractivity contribution in [2.45, 2.75) is 19.4 Å². The van der Waals surface area contributed by atoms with Crippen LogP contribution < -0.4 is 10.1 Å². The number of ether oxygens (including phenoxy) is 1. The van der Waals surface area contributed by atoms with Crippen LogP contribution in [0.2, 0.25) is 0 Å². The number of likely N-dealkylation sites (tertiary alicyclic amines) is 1. The molecule has 1 amide bonds. The Morgan fingerprint density at radius 2 is 2.00 bits per heavy atom. The second-order valence-electron chi connectivity index (χ2n) is 7.17. The van der Waals surface area contributed by atoms with Crippen LogP contribution in [0.3, 0.4) is 0 Å². The van der Waals surface area contributed by atoms with Crippen LogP contribution in [0.1, 0.15) is 18.7 Å². The summed E-state index contributed by atoms with van der Waals surface area (Å²) in [5, 5.41) is 7.09. The number of methoxy groups -OCH3 is 1. The van der Waals surface area contributed by atoms with E-state index in [-0.39, 0.29) is 11.8 Å². The van der Waals surface area contributed by atoms with Gasteiger partial charge in [0.15, 0.2) is 0 Å². The Kier molecular flexibility index (Phi) is 5.86. The number of aromatic nitrogens is 2. The van der Waals surface area contributed by atoms with Gasteiger partial charge in [0, 0.05) is 17.8 Å². The quantitative estimate of drug-likeness (QED) is 0.690. The summed E-state index contributed by atoms with van der Waals surface area (Å²) in [7, 11) is 1.63. The molecule has 1 aromatic heterocycles. The molecule has 1 atom stereocenters. The van der Waals surface area contributed by atoms with Crippen LogP contribution in [-0.2, 0) is 11.3 Å². The number of rotatable bonds is 6. The molecule has 3 aromatic rings. The van der Waals surface area contributed by atoms with E-state index in [4.69, 9.17) is 9.26 Å². The van der Waals surface area contributed by atoms with Gasteiger partial charge in [0.25, 0.3) is 0 Å². The van der Waals surface area contributed by atoms with E-state index in [9.17, 15) is 4.79 Å². The maximum atomic E-state index is 12.6. The number of carbonyl (C=O) groups is 1. The molecule has 1 unspecified atom stereocenters. The van der Waals surface area contributed by atoms with E-state index >= 15 is 0 Å². The normalized spacial score (nSPS) is 17.1. The average Bonchev–Trinajstić information content (AvgIpc) is 3.23. The van der Waals surface area contributed by atoms with Crippen molar-refractivity contribution in [3.05, 3.63) is 60.5 Å². The van der Waals surface area contributed by atoms with Gasteiger partial charge in [-0.05, 0) is 55.8 Å². The summed E-state index contributed by atoms with van der Waals surface area (Å²) in [6, 6.07) is 17.1. The lowest BCUT2D eigenvalue weighted by molar-refractivity contribution is -0.121. The van der Waals surface area contributed by atoms with Gasteiger partial charge in [-0.15, -0.1) is 0 Å². The Morgan fingerprint density at radius 3 is 2.76 bits per heavy atom. The summed E-state index contributed by atoms with van der Waals surface area (Å²) in [5.74, 6) is 1.90. The molecule has 0 bridgehead atoms. The lowest BCUT2D eigenvalue weighted by atomic mass is 9.97. The second-order valence-corrected chi connectivity index (χ2v) is 7.17. The number of hydrogen-bond donors (Lipinski definition) is 1.